The van der Waals surface area contributed by atoms with Gasteiger partial charge in [0.1, 0.15) is 12.1 Å². The lowest BCUT2D eigenvalue weighted by atomic mass is 10.1. The molecule has 1 amide bonds. The molecular formula is C26H21N5O. The van der Waals surface area contributed by atoms with Crippen molar-refractivity contribution in [2.24, 2.45) is 0 Å². The fourth-order valence-corrected chi connectivity index (χ4v) is 3.79. The molecule has 32 heavy (non-hydrogen) atoms. The molecule has 6 nitrogen and oxygen atoms in total. The summed E-state index contributed by atoms with van der Waals surface area (Å²) in [7, 11) is 0. The van der Waals surface area contributed by atoms with Crippen LogP contribution in [0.1, 0.15) is 5.56 Å². The van der Waals surface area contributed by atoms with Crippen LogP contribution in [0, 0.1) is 0 Å². The van der Waals surface area contributed by atoms with Crippen LogP contribution in [-0.4, -0.2) is 20.9 Å². The minimum atomic E-state index is -0.262. The van der Waals surface area contributed by atoms with E-state index in [-0.39, 0.29) is 5.91 Å². The monoisotopic (exact) mass is 419 g/mol. The molecule has 2 N–H and O–H groups in total. The molecule has 0 atom stereocenters. The molecule has 0 radical (unpaired) electrons. The molecule has 0 spiro atoms. The topological polar surface area (TPSA) is 73.9 Å². The van der Waals surface area contributed by atoms with Crippen LogP contribution in [-0.2, 0) is 11.3 Å². The number of nitrogens with one attached hydrogen (secondary N) is 2. The van der Waals surface area contributed by atoms with Gasteiger partial charge in [0.15, 0.2) is 0 Å². The molecule has 0 aliphatic carbocycles. The molecule has 2 heterocycles. The molecule has 156 valence electrons. The van der Waals surface area contributed by atoms with Crippen LogP contribution in [0.5, 0.6) is 0 Å². The predicted octanol–water partition coefficient (Wildman–Crippen LogP) is 5.57. The van der Waals surface area contributed by atoms with E-state index >= 15 is 0 Å². The average Bonchev–Trinajstić information content (AvgIpc) is 3.31. The largest absolute Gasteiger partial charge is 0.361 e. The van der Waals surface area contributed by atoms with Crippen LogP contribution in [0.25, 0.3) is 21.8 Å². The van der Waals surface area contributed by atoms with E-state index in [0.717, 1.165) is 38.9 Å². The van der Waals surface area contributed by atoms with Crippen LogP contribution in [0.2, 0.25) is 0 Å². The normalized spacial score (nSPS) is 10.9. The minimum absolute atomic E-state index is 0.262. The van der Waals surface area contributed by atoms with Crippen LogP contribution in [0.3, 0.4) is 0 Å². The molecular weight excluding hydrogens is 398 g/mol. The van der Waals surface area contributed by atoms with Crippen LogP contribution >= 0.6 is 0 Å². The summed E-state index contributed by atoms with van der Waals surface area (Å²) in [6.07, 6.45) is 4.76. The second-order valence-electron chi connectivity index (χ2n) is 7.44. The number of benzene rings is 3. The third-order valence-electron chi connectivity index (χ3n) is 5.35. The number of hydrogen-bond donors (Lipinski definition) is 2. The zero-order valence-electron chi connectivity index (χ0n) is 17.3. The molecule has 0 aliphatic heterocycles. The maximum Gasteiger partial charge on any atom is 0.247 e. The number of fused-ring (bicyclic) bond motifs is 2. The van der Waals surface area contributed by atoms with Crippen molar-refractivity contribution in [3.63, 3.8) is 0 Å². The van der Waals surface area contributed by atoms with E-state index in [4.69, 9.17) is 0 Å². The molecule has 0 saturated carbocycles. The summed E-state index contributed by atoms with van der Waals surface area (Å²) >= 11 is 0. The van der Waals surface area contributed by atoms with E-state index < -0.39 is 0 Å². The fourth-order valence-electron chi connectivity index (χ4n) is 3.79. The highest BCUT2D eigenvalue weighted by Crippen LogP contribution is 2.34. The van der Waals surface area contributed by atoms with Crippen molar-refractivity contribution in [2.45, 2.75) is 6.54 Å². The summed E-state index contributed by atoms with van der Waals surface area (Å²) in [5.41, 5.74) is 4.72. The predicted molar refractivity (Wildman–Crippen MR) is 129 cm³/mol. The maximum atomic E-state index is 11.8. The summed E-state index contributed by atoms with van der Waals surface area (Å²) in [6.45, 7) is 4.16. The van der Waals surface area contributed by atoms with E-state index in [1.165, 1.54) is 6.08 Å². The lowest BCUT2D eigenvalue weighted by Gasteiger charge is -2.25. The number of nitrogens with zero attached hydrogens (tertiary/aromatic N) is 3. The Hall–Kier alpha value is -4.45. The summed E-state index contributed by atoms with van der Waals surface area (Å²) in [5.74, 6) is 0.505. The number of carbonyl (C=O) groups excluding carboxylic acids is 1. The number of anilines is 3. The van der Waals surface area contributed by atoms with Crippen molar-refractivity contribution < 1.29 is 4.79 Å². The van der Waals surface area contributed by atoms with Gasteiger partial charge < -0.3 is 15.2 Å². The Bertz CT molecular complexity index is 1420. The van der Waals surface area contributed by atoms with Gasteiger partial charge in [-0.3, -0.25) is 4.79 Å². The molecule has 0 saturated heterocycles. The Morgan fingerprint density at radius 1 is 1.03 bits per heavy atom. The third-order valence-corrected chi connectivity index (χ3v) is 5.35. The zero-order chi connectivity index (χ0) is 21.9. The first-order valence-electron chi connectivity index (χ1n) is 10.3. The number of aromatic amines is 1. The van der Waals surface area contributed by atoms with Gasteiger partial charge in [-0.2, -0.15) is 0 Å². The van der Waals surface area contributed by atoms with Gasteiger partial charge in [0.25, 0.3) is 0 Å². The van der Waals surface area contributed by atoms with E-state index in [0.29, 0.717) is 12.2 Å². The van der Waals surface area contributed by atoms with Gasteiger partial charge in [-0.15, -0.1) is 0 Å². The van der Waals surface area contributed by atoms with Gasteiger partial charge in [0.05, 0.1) is 5.52 Å². The van der Waals surface area contributed by atoms with Gasteiger partial charge in [0.2, 0.25) is 5.91 Å². The highest BCUT2D eigenvalue weighted by Gasteiger charge is 2.17. The first-order chi connectivity index (χ1) is 15.7. The molecule has 2 aromatic heterocycles. The summed E-state index contributed by atoms with van der Waals surface area (Å²) in [4.78, 5) is 26.3. The van der Waals surface area contributed by atoms with Gasteiger partial charge in [0, 0.05) is 40.4 Å². The Kier molecular flexibility index (Phi) is 5.09. The van der Waals surface area contributed by atoms with Crippen molar-refractivity contribution in [3.05, 3.63) is 104 Å². The number of carbonyl (C=O) groups is 1. The van der Waals surface area contributed by atoms with Crippen molar-refractivity contribution >= 4 is 44.9 Å². The smallest absolute Gasteiger partial charge is 0.247 e. The fraction of sp³-hybridized carbons (Fsp3) is 0.0385. The van der Waals surface area contributed by atoms with Crippen molar-refractivity contribution in [3.8, 4) is 0 Å². The second-order valence-corrected chi connectivity index (χ2v) is 7.44. The Balaban J connectivity index is 1.66. The standard InChI is InChI=1S/C26H21N5O/c1-2-25(32)30-20-8-10-24-22(15-20)26(29-17-28-24)31(16-18-6-4-3-5-7-18)21-9-11-23-19(14-21)12-13-27-23/h2-15,17,27H,1,16H2,(H,30,32). The number of hydrogen-bond acceptors (Lipinski definition) is 4. The van der Waals surface area contributed by atoms with Crippen molar-refractivity contribution in [2.75, 3.05) is 10.2 Å². The molecule has 5 rings (SSSR count). The lowest BCUT2D eigenvalue weighted by Crippen LogP contribution is -2.18. The molecule has 0 fully saturated rings. The first-order valence-corrected chi connectivity index (χ1v) is 10.3. The molecule has 5 aromatic rings. The Labute approximate surface area is 185 Å². The van der Waals surface area contributed by atoms with Crippen LogP contribution in [0.4, 0.5) is 17.2 Å². The molecule has 3 aromatic carbocycles. The number of rotatable bonds is 6. The van der Waals surface area contributed by atoms with Gasteiger partial charge in [-0.05, 0) is 54.1 Å². The number of aromatic nitrogens is 3. The van der Waals surface area contributed by atoms with Crippen LogP contribution in [0.15, 0.2) is 98.0 Å². The maximum absolute atomic E-state index is 11.8. The van der Waals surface area contributed by atoms with Crippen molar-refractivity contribution in [1.82, 2.24) is 15.0 Å². The Morgan fingerprint density at radius 2 is 1.91 bits per heavy atom. The summed E-state index contributed by atoms with van der Waals surface area (Å²) in [6, 6.07) is 24.2. The third kappa shape index (κ3) is 3.81. The van der Waals surface area contributed by atoms with Gasteiger partial charge in [-0.25, -0.2) is 9.97 Å². The average molecular weight is 419 g/mol. The molecule has 6 heteroatoms. The van der Waals surface area contributed by atoms with E-state index in [1.54, 1.807) is 6.33 Å². The first kappa shape index (κ1) is 19.5. The van der Waals surface area contributed by atoms with Gasteiger partial charge >= 0.3 is 0 Å². The molecule has 0 bridgehead atoms. The van der Waals surface area contributed by atoms with E-state index in [2.05, 4.69) is 68.1 Å². The van der Waals surface area contributed by atoms with Gasteiger partial charge in [-0.1, -0.05) is 36.9 Å². The Morgan fingerprint density at radius 3 is 2.75 bits per heavy atom. The van der Waals surface area contributed by atoms with E-state index in [9.17, 15) is 4.79 Å². The number of amides is 1. The summed E-state index contributed by atoms with van der Waals surface area (Å²) < 4.78 is 0. The van der Waals surface area contributed by atoms with E-state index in [1.807, 2.05) is 42.6 Å². The molecule has 0 aliphatic rings. The zero-order valence-corrected chi connectivity index (χ0v) is 17.3. The second kappa shape index (κ2) is 8.35. The van der Waals surface area contributed by atoms with Crippen molar-refractivity contribution in [1.29, 1.82) is 0 Å². The highest BCUT2D eigenvalue weighted by atomic mass is 16.1. The highest BCUT2D eigenvalue weighted by molar-refractivity contribution is 6.02. The SMILES string of the molecule is C=CC(=O)Nc1ccc2ncnc(N(Cc3ccccc3)c3ccc4[nH]ccc4c3)c2c1. The molecule has 0 unspecified atom stereocenters. The number of H-pyrrole nitrogens is 1. The quantitative estimate of drug-likeness (QED) is 0.353. The minimum Gasteiger partial charge on any atom is -0.361 e. The van der Waals surface area contributed by atoms with Crippen LogP contribution < -0.4 is 10.2 Å². The lowest BCUT2D eigenvalue weighted by molar-refractivity contribution is -0.111. The summed E-state index contributed by atoms with van der Waals surface area (Å²) in [5, 5.41) is 4.79.